The van der Waals surface area contributed by atoms with E-state index in [0.717, 1.165) is 12.8 Å². The smallest absolute Gasteiger partial charge is 0.371 e. The summed E-state index contributed by atoms with van der Waals surface area (Å²) < 4.78 is 39.7. The average Bonchev–Trinajstić information content (AvgIpc) is 2.39. The summed E-state index contributed by atoms with van der Waals surface area (Å²) in [5.74, 6) is 0. The van der Waals surface area contributed by atoms with Crippen LogP contribution >= 0.6 is 0 Å². The average molecular weight is 288 g/mol. The fourth-order valence-electron chi connectivity index (χ4n) is 2.47. The quantitative estimate of drug-likeness (QED) is 0.862. The molecule has 0 bridgehead atoms. The van der Waals surface area contributed by atoms with Gasteiger partial charge in [0.15, 0.2) is 0 Å². The highest BCUT2D eigenvalue weighted by atomic mass is 19.4. The lowest BCUT2D eigenvalue weighted by molar-refractivity contribution is -0.137. The highest BCUT2D eigenvalue weighted by Crippen LogP contribution is 2.38. The van der Waals surface area contributed by atoms with Crippen molar-refractivity contribution in [3.8, 4) is 0 Å². The maximum absolute atomic E-state index is 13.2. The van der Waals surface area contributed by atoms with Gasteiger partial charge in [0.05, 0.1) is 5.56 Å². The van der Waals surface area contributed by atoms with Gasteiger partial charge in [0, 0.05) is 18.8 Å². The van der Waals surface area contributed by atoms with E-state index < -0.39 is 11.7 Å². The molecule has 2 N–H and O–H groups in total. The van der Waals surface area contributed by atoms with Crippen LogP contribution in [0.5, 0.6) is 0 Å². The number of anilines is 1. The maximum atomic E-state index is 13.2. The van der Waals surface area contributed by atoms with Gasteiger partial charge in [-0.1, -0.05) is 19.9 Å². The van der Waals surface area contributed by atoms with E-state index in [4.69, 9.17) is 5.73 Å². The van der Waals surface area contributed by atoms with Crippen molar-refractivity contribution in [3.63, 3.8) is 0 Å². The molecule has 0 atom stereocenters. The highest BCUT2D eigenvalue weighted by molar-refractivity contribution is 5.56. The molecule has 1 aromatic rings. The molecular weight excluding hydrogens is 265 g/mol. The van der Waals surface area contributed by atoms with Gasteiger partial charge >= 0.3 is 6.18 Å². The number of hydrogen-bond acceptors (Lipinski definition) is 2. The van der Waals surface area contributed by atoms with Crippen LogP contribution in [0.1, 0.15) is 37.8 Å². The summed E-state index contributed by atoms with van der Waals surface area (Å²) in [6.45, 7) is 4.32. The Morgan fingerprint density at radius 3 is 2.25 bits per heavy atom. The van der Waals surface area contributed by atoms with Crippen LogP contribution in [0.4, 0.5) is 18.9 Å². The minimum atomic E-state index is -4.35. The number of hydrogen-bond donors (Lipinski definition) is 1. The van der Waals surface area contributed by atoms with E-state index in [2.05, 4.69) is 0 Å². The van der Waals surface area contributed by atoms with E-state index in [-0.39, 0.29) is 11.7 Å². The maximum Gasteiger partial charge on any atom is 0.418 e. The van der Waals surface area contributed by atoms with Crippen LogP contribution in [0.25, 0.3) is 0 Å². The van der Waals surface area contributed by atoms with E-state index in [1.807, 2.05) is 13.8 Å². The van der Waals surface area contributed by atoms with Crippen molar-refractivity contribution in [2.24, 2.45) is 5.73 Å². The van der Waals surface area contributed by atoms with E-state index in [1.165, 1.54) is 6.07 Å². The number of halogens is 3. The number of benzene rings is 1. The molecule has 0 fully saturated rings. The topological polar surface area (TPSA) is 29.3 Å². The third kappa shape index (κ3) is 3.88. The van der Waals surface area contributed by atoms with Gasteiger partial charge in [-0.3, -0.25) is 0 Å². The first-order chi connectivity index (χ1) is 9.35. The fraction of sp³-hybridized carbons (Fsp3) is 0.600. The second kappa shape index (κ2) is 6.97. The van der Waals surface area contributed by atoms with E-state index in [9.17, 15) is 13.2 Å². The van der Waals surface area contributed by atoms with Crippen molar-refractivity contribution in [3.05, 3.63) is 29.3 Å². The molecule has 0 unspecified atom stereocenters. The first-order valence-electron chi connectivity index (χ1n) is 6.98. The van der Waals surface area contributed by atoms with Crippen molar-refractivity contribution < 1.29 is 13.2 Å². The van der Waals surface area contributed by atoms with Gasteiger partial charge < -0.3 is 10.6 Å². The van der Waals surface area contributed by atoms with Crippen molar-refractivity contribution in [1.82, 2.24) is 0 Å². The summed E-state index contributed by atoms with van der Waals surface area (Å²) in [4.78, 5) is 1.73. The van der Waals surface area contributed by atoms with Gasteiger partial charge in [-0.2, -0.15) is 13.2 Å². The Labute approximate surface area is 118 Å². The molecule has 1 rings (SSSR count). The van der Waals surface area contributed by atoms with Crippen LogP contribution in [0.15, 0.2) is 18.2 Å². The SMILES string of the molecule is CCC(CC)N(C)c1ccc(CCN)cc1C(F)(F)F. The fourth-order valence-corrected chi connectivity index (χ4v) is 2.47. The predicted octanol–water partition coefficient (Wildman–Crippen LogP) is 3.83. The zero-order chi connectivity index (χ0) is 15.3. The molecule has 2 nitrogen and oxygen atoms in total. The molecule has 20 heavy (non-hydrogen) atoms. The van der Waals surface area contributed by atoms with Crippen LogP contribution in [-0.4, -0.2) is 19.6 Å². The standard InChI is InChI=1S/C15H23F3N2/c1-4-12(5-2)20(3)14-7-6-11(8-9-19)10-13(14)15(16,17)18/h6-7,10,12H,4-5,8-9,19H2,1-3H3. The summed E-state index contributed by atoms with van der Waals surface area (Å²) in [5.41, 5.74) is 5.71. The van der Waals surface area contributed by atoms with Crippen LogP contribution in [0, 0.1) is 0 Å². The largest absolute Gasteiger partial charge is 0.418 e. The summed E-state index contributed by atoms with van der Waals surface area (Å²) in [6.07, 6.45) is -2.26. The van der Waals surface area contributed by atoms with E-state index in [0.29, 0.717) is 18.5 Å². The molecular formula is C15H23F3N2. The Hall–Kier alpha value is -1.23. The normalized spacial score (nSPS) is 12.0. The molecule has 114 valence electrons. The summed E-state index contributed by atoms with van der Waals surface area (Å²) in [5, 5.41) is 0. The third-order valence-electron chi connectivity index (χ3n) is 3.67. The van der Waals surface area contributed by atoms with Gasteiger partial charge in [-0.05, 0) is 43.5 Å². The van der Waals surface area contributed by atoms with Crippen molar-refractivity contribution in [2.45, 2.75) is 45.3 Å². The van der Waals surface area contributed by atoms with E-state index in [1.54, 1.807) is 24.1 Å². The summed E-state index contributed by atoms with van der Waals surface area (Å²) in [7, 11) is 1.73. The Morgan fingerprint density at radius 1 is 1.20 bits per heavy atom. The third-order valence-corrected chi connectivity index (χ3v) is 3.67. The molecule has 0 aliphatic rings. The molecule has 5 heteroatoms. The van der Waals surface area contributed by atoms with Crippen molar-refractivity contribution >= 4 is 5.69 Å². The van der Waals surface area contributed by atoms with Crippen LogP contribution in [-0.2, 0) is 12.6 Å². The molecule has 0 heterocycles. The highest BCUT2D eigenvalue weighted by Gasteiger charge is 2.35. The molecule has 0 saturated carbocycles. The molecule has 0 amide bonds. The van der Waals surface area contributed by atoms with Gasteiger partial charge in [0.25, 0.3) is 0 Å². The molecule has 0 aromatic heterocycles. The lowest BCUT2D eigenvalue weighted by Crippen LogP contribution is -2.32. The Bertz CT molecular complexity index is 426. The van der Waals surface area contributed by atoms with Crippen LogP contribution in [0.2, 0.25) is 0 Å². The number of alkyl halides is 3. The molecule has 0 aliphatic carbocycles. The molecule has 1 aromatic carbocycles. The molecule has 0 aliphatic heterocycles. The van der Waals surface area contributed by atoms with Gasteiger partial charge in [-0.15, -0.1) is 0 Å². The van der Waals surface area contributed by atoms with Crippen LogP contribution in [0.3, 0.4) is 0 Å². The first kappa shape index (κ1) is 16.8. The van der Waals surface area contributed by atoms with E-state index >= 15 is 0 Å². The predicted molar refractivity (Wildman–Crippen MR) is 77.0 cm³/mol. The lowest BCUT2D eigenvalue weighted by Gasteiger charge is -2.31. The van der Waals surface area contributed by atoms with Gasteiger partial charge in [-0.25, -0.2) is 0 Å². The monoisotopic (exact) mass is 288 g/mol. The van der Waals surface area contributed by atoms with Crippen molar-refractivity contribution in [1.29, 1.82) is 0 Å². The molecule has 0 radical (unpaired) electrons. The summed E-state index contributed by atoms with van der Waals surface area (Å²) in [6, 6.07) is 4.63. The minimum absolute atomic E-state index is 0.108. The first-order valence-corrected chi connectivity index (χ1v) is 6.98. The molecule has 0 saturated heterocycles. The summed E-state index contributed by atoms with van der Waals surface area (Å²) >= 11 is 0. The lowest BCUT2D eigenvalue weighted by atomic mass is 10.0. The van der Waals surface area contributed by atoms with Gasteiger partial charge in [0.1, 0.15) is 0 Å². The zero-order valence-corrected chi connectivity index (χ0v) is 12.3. The Kier molecular flexibility index (Phi) is 5.87. The second-order valence-electron chi connectivity index (χ2n) is 4.97. The zero-order valence-electron chi connectivity index (χ0n) is 12.3. The number of nitrogens with zero attached hydrogens (tertiary/aromatic N) is 1. The van der Waals surface area contributed by atoms with Crippen molar-refractivity contribution in [2.75, 3.05) is 18.5 Å². The second-order valence-corrected chi connectivity index (χ2v) is 4.97. The Balaban J connectivity index is 3.24. The van der Waals surface area contributed by atoms with Gasteiger partial charge in [0.2, 0.25) is 0 Å². The van der Waals surface area contributed by atoms with Crippen LogP contribution < -0.4 is 10.6 Å². The Morgan fingerprint density at radius 2 is 1.80 bits per heavy atom. The minimum Gasteiger partial charge on any atom is -0.371 e. The number of rotatable bonds is 6. The molecule has 0 spiro atoms. The number of nitrogens with two attached hydrogens (primary N) is 1.